The topological polar surface area (TPSA) is 59.4 Å². The average molecular weight is 317 g/mol. The van der Waals surface area contributed by atoms with E-state index in [1.807, 2.05) is 6.07 Å². The van der Waals surface area contributed by atoms with E-state index in [4.69, 9.17) is 0 Å². The summed E-state index contributed by atoms with van der Waals surface area (Å²) < 4.78 is 2.27. The summed E-state index contributed by atoms with van der Waals surface area (Å²) in [5.41, 5.74) is 4.90. The molecule has 0 amide bonds. The SMILES string of the molecule is CCCc1ccc(Cn2ccc3cc(-c4nn[nH]n4)ccc32)cc1. The second kappa shape index (κ2) is 6.28. The molecule has 1 N–H and O–H groups in total. The maximum absolute atomic E-state index is 4.04. The van der Waals surface area contributed by atoms with Crippen molar-refractivity contribution in [1.82, 2.24) is 25.2 Å². The summed E-state index contributed by atoms with van der Waals surface area (Å²) in [5, 5.41) is 15.4. The first-order valence-electron chi connectivity index (χ1n) is 8.24. The van der Waals surface area contributed by atoms with Gasteiger partial charge >= 0.3 is 0 Å². The van der Waals surface area contributed by atoms with Crippen LogP contribution >= 0.6 is 0 Å². The Morgan fingerprint density at radius 3 is 2.58 bits per heavy atom. The zero-order valence-electron chi connectivity index (χ0n) is 13.6. The van der Waals surface area contributed by atoms with Crippen LogP contribution in [0.5, 0.6) is 0 Å². The monoisotopic (exact) mass is 317 g/mol. The van der Waals surface area contributed by atoms with Crippen molar-refractivity contribution in [1.29, 1.82) is 0 Å². The highest BCUT2D eigenvalue weighted by Crippen LogP contribution is 2.23. The lowest BCUT2D eigenvalue weighted by Gasteiger charge is -2.07. The van der Waals surface area contributed by atoms with Crippen molar-refractivity contribution in [2.45, 2.75) is 26.3 Å². The van der Waals surface area contributed by atoms with Gasteiger partial charge in [-0.3, -0.25) is 0 Å². The Balaban J connectivity index is 1.60. The third-order valence-corrected chi connectivity index (χ3v) is 4.29. The summed E-state index contributed by atoms with van der Waals surface area (Å²) in [6, 6.07) is 17.3. The fourth-order valence-corrected chi connectivity index (χ4v) is 3.06. The van der Waals surface area contributed by atoms with Gasteiger partial charge in [0.05, 0.1) is 0 Å². The number of aromatic nitrogens is 5. The van der Waals surface area contributed by atoms with Crippen molar-refractivity contribution in [3.8, 4) is 11.4 Å². The van der Waals surface area contributed by atoms with Crippen molar-refractivity contribution in [2.75, 3.05) is 0 Å². The third kappa shape index (κ3) is 2.80. The molecule has 4 aromatic rings. The maximum Gasteiger partial charge on any atom is 0.204 e. The maximum atomic E-state index is 4.04. The van der Waals surface area contributed by atoms with Crippen LogP contribution in [0, 0.1) is 0 Å². The van der Waals surface area contributed by atoms with Crippen molar-refractivity contribution in [2.24, 2.45) is 0 Å². The van der Waals surface area contributed by atoms with Gasteiger partial charge in [-0.15, -0.1) is 10.2 Å². The van der Waals surface area contributed by atoms with Crippen LogP contribution < -0.4 is 0 Å². The first-order valence-corrected chi connectivity index (χ1v) is 8.24. The molecule has 120 valence electrons. The molecule has 2 aromatic carbocycles. The third-order valence-electron chi connectivity index (χ3n) is 4.29. The largest absolute Gasteiger partial charge is 0.343 e. The van der Waals surface area contributed by atoms with E-state index in [1.165, 1.54) is 28.5 Å². The van der Waals surface area contributed by atoms with Crippen LogP contribution in [-0.2, 0) is 13.0 Å². The number of aromatic amines is 1. The van der Waals surface area contributed by atoms with Gasteiger partial charge in [-0.25, -0.2) is 0 Å². The Kier molecular flexibility index (Phi) is 3.83. The molecule has 2 heterocycles. The molecular formula is C19H19N5. The number of nitrogens with zero attached hydrogens (tertiary/aromatic N) is 4. The summed E-state index contributed by atoms with van der Waals surface area (Å²) in [6.07, 6.45) is 4.46. The van der Waals surface area contributed by atoms with Gasteiger partial charge in [-0.1, -0.05) is 37.6 Å². The fourth-order valence-electron chi connectivity index (χ4n) is 3.06. The van der Waals surface area contributed by atoms with Crippen LogP contribution in [0.2, 0.25) is 0 Å². The molecule has 0 aliphatic heterocycles. The lowest BCUT2D eigenvalue weighted by Crippen LogP contribution is -1.98. The van der Waals surface area contributed by atoms with Crippen LogP contribution in [0.3, 0.4) is 0 Å². The first kappa shape index (κ1) is 14.6. The van der Waals surface area contributed by atoms with E-state index in [0.29, 0.717) is 5.82 Å². The van der Waals surface area contributed by atoms with E-state index in [1.54, 1.807) is 0 Å². The predicted octanol–water partition coefficient (Wildman–Crippen LogP) is 3.82. The van der Waals surface area contributed by atoms with E-state index in [2.05, 4.69) is 80.8 Å². The van der Waals surface area contributed by atoms with Crippen LogP contribution in [0.1, 0.15) is 24.5 Å². The minimum absolute atomic E-state index is 0.621. The van der Waals surface area contributed by atoms with Crippen LogP contribution in [-0.4, -0.2) is 25.2 Å². The first-order chi connectivity index (χ1) is 11.8. The predicted molar refractivity (Wildman–Crippen MR) is 94.6 cm³/mol. The molecular weight excluding hydrogens is 298 g/mol. The van der Waals surface area contributed by atoms with Crippen molar-refractivity contribution < 1.29 is 0 Å². The lowest BCUT2D eigenvalue weighted by molar-refractivity contribution is 0.834. The molecule has 0 spiro atoms. The summed E-state index contributed by atoms with van der Waals surface area (Å²) >= 11 is 0. The number of hydrogen-bond donors (Lipinski definition) is 1. The number of tetrazole rings is 1. The molecule has 5 nitrogen and oxygen atoms in total. The van der Waals surface area contributed by atoms with Crippen LogP contribution in [0.25, 0.3) is 22.3 Å². The lowest BCUT2D eigenvalue weighted by atomic mass is 10.1. The molecule has 2 aromatic heterocycles. The number of aryl methyl sites for hydroxylation is 1. The Morgan fingerprint density at radius 1 is 1.00 bits per heavy atom. The number of nitrogens with one attached hydrogen (secondary N) is 1. The van der Waals surface area contributed by atoms with Gasteiger partial charge in [0.25, 0.3) is 0 Å². The van der Waals surface area contributed by atoms with Gasteiger partial charge in [0.1, 0.15) is 0 Å². The van der Waals surface area contributed by atoms with Crippen molar-refractivity contribution in [3.05, 3.63) is 65.9 Å². The normalized spacial score (nSPS) is 11.2. The van der Waals surface area contributed by atoms with E-state index in [9.17, 15) is 0 Å². The highest BCUT2D eigenvalue weighted by molar-refractivity contribution is 5.84. The second-order valence-electron chi connectivity index (χ2n) is 6.02. The smallest absolute Gasteiger partial charge is 0.204 e. The highest BCUT2D eigenvalue weighted by atomic mass is 15.5. The molecule has 24 heavy (non-hydrogen) atoms. The molecule has 0 radical (unpaired) electrons. The number of fused-ring (bicyclic) bond motifs is 1. The number of hydrogen-bond acceptors (Lipinski definition) is 3. The van der Waals surface area contributed by atoms with E-state index in [-0.39, 0.29) is 0 Å². The summed E-state index contributed by atoms with van der Waals surface area (Å²) in [5.74, 6) is 0.621. The molecule has 0 fully saturated rings. The molecule has 4 rings (SSSR count). The molecule has 0 aliphatic carbocycles. The van der Waals surface area contributed by atoms with Crippen molar-refractivity contribution >= 4 is 10.9 Å². The second-order valence-corrected chi connectivity index (χ2v) is 6.02. The van der Waals surface area contributed by atoms with Crippen LogP contribution in [0.15, 0.2) is 54.7 Å². The van der Waals surface area contributed by atoms with Gasteiger partial charge in [0.15, 0.2) is 0 Å². The summed E-state index contributed by atoms with van der Waals surface area (Å²) in [6.45, 7) is 3.08. The van der Waals surface area contributed by atoms with Gasteiger partial charge in [0.2, 0.25) is 5.82 Å². The van der Waals surface area contributed by atoms with Gasteiger partial charge in [0, 0.05) is 29.2 Å². The molecule has 0 atom stereocenters. The molecule has 5 heteroatoms. The quantitative estimate of drug-likeness (QED) is 0.608. The molecule has 0 unspecified atom stereocenters. The average Bonchev–Trinajstić information content (AvgIpc) is 3.27. The van der Waals surface area contributed by atoms with E-state index in [0.717, 1.165) is 18.5 Å². The fraction of sp³-hybridized carbons (Fsp3) is 0.211. The van der Waals surface area contributed by atoms with Gasteiger partial charge < -0.3 is 4.57 Å². The standard InChI is InChI=1S/C19H19N5/c1-2-3-14-4-6-15(7-5-14)13-24-11-10-16-12-17(8-9-18(16)24)19-20-22-23-21-19/h4-12H,2-3,13H2,1H3,(H,20,21,22,23). The molecule has 0 saturated carbocycles. The Labute approximate surface area is 140 Å². The Morgan fingerprint density at radius 2 is 1.83 bits per heavy atom. The van der Waals surface area contributed by atoms with E-state index >= 15 is 0 Å². The zero-order valence-corrected chi connectivity index (χ0v) is 13.6. The minimum Gasteiger partial charge on any atom is -0.343 e. The number of H-pyrrole nitrogens is 1. The summed E-state index contributed by atoms with van der Waals surface area (Å²) in [7, 11) is 0. The molecule has 0 saturated heterocycles. The summed E-state index contributed by atoms with van der Waals surface area (Å²) in [4.78, 5) is 0. The Hall–Kier alpha value is -2.95. The van der Waals surface area contributed by atoms with Gasteiger partial charge in [-0.2, -0.15) is 5.21 Å². The van der Waals surface area contributed by atoms with Crippen molar-refractivity contribution in [3.63, 3.8) is 0 Å². The molecule has 0 aliphatic rings. The minimum atomic E-state index is 0.621. The number of rotatable bonds is 5. The highest BCUT2D eigenvalue weighted by Gasteiger charge is 2.07. The van der Waals surface area contributed by atoms with Crippen LogP contribution in [0.4, 0.5) is 0 Å². The van der Waals surface area contributed by atoms with Gasteiger partial charge in [-0.05, 0) is 47.0 Å². The zero-order chi connectivity index (χ0) is 16.4. The molecule has 0 bridgehead atoms. The number of benzene rings is 2. The van der Waals surface area contributed by atoms with E-state index < -0.39 is 0 Å². The Bertz CT molecular complexity index is 936.